The highest BCUT2D eigenvalue weighted by Gasteiger charge is 2.17. The van der Waals surface area contributed by atoms with Gasteiger partial charge in [-0.05, 0) is 48.5 Å². The number of hydrogen-bond acceptors (Lipinski definition) is 7. The summed E-state index contributed by atoms with van der Waals surface area (Å²) in [4.78, 5) is 9.85. The highest BCUT2D eigenvalue weighted by atomic mass is 35.5. The van der Waals surface area contributed by atoms with Crippen molar-refractivity contribution in [2.24, 2.45) is 10.7 Å². The summed E-state index contributed by atoms with van der Waals surface area (Å²) in [5, 5.41) is 0.651. The first kappa shape index (κ1) is 18.4. The van der Waals surface area contributed by atoms with Crippen molar-refractivity contribution in [3.63, 3.8) is 0 Å². The molecule has 136 valence electrons. The van der Waals surface area contributed by atoms with Crippen LogP contribution in [0.1, 0.15) is 5.56 Å². The van der Waals surface area contributed by atoms with Crippen LogP contribution in [0.25, 0.3) is 0 Å². The largest absolute Gasteiger partial charge is 0.496 e. The van der Waals surface area contributed by atoms with Crippen LogP contribution in [0.15, 0.2) is 52.6 Å². The summed E-state index contributed by atoms with van der Waals surface area (Å²) in [5.74, 6) is 1.31. The number of aromatic nitrogens is 1. The molecule has 0 unspecified atom stereocenters. The molecule has 2 heterocycles. The van der Waals surface area contributed by atoms with Gasteiger partial charge >= 0.3 is 0 Å². The van der Waals surface area contributed by atoms with Crippen LogP contribution in [-0.4, -0.2) is 38.0 Å². The van der Waals surface area contributed by atoms with Gasteiger partial charge < -0.3 is 19.5 Å². The first-order valence-corrected chi connectivity index (χ1v) is 9.08. The molecule has 26 heavy (non-hydrogen) atoms. The fraction of sp³-hybridized carbons (Fsp3) is 0.222. The molecule has 1 aliphatic rings. The summed E-state index contributed by atoms with van der Waals surface area (Å²) in [7, 11) is 3.58. The Hall–Kier alpha value is -2.38. The Balaban J connectivity index is 1.91. The Bertz CT molecular complexity index is 857. The van der Waals surface area contributed by atoms with Gasteiger partial charge in [-0.2, -0.15) is 0 Å². The number of ether oxygens (including phenoxy) is 2. The van der Waals surface area contributed by atoms with E-state index in [1.165, 1.54) is 18.1 Å². The summed E-state index contributed by atoms with van der Waals surface area (Å²) in [6.45, 7) is 1.06. The number of anilines is 1. The second kappa shape index (κ2) is 8.33. The molecule has 2 aromatic rings. The Morgan fingerprint density at radius 2 is 2.23 bits per heavy atom. The van der Waals surface area contributed by atoms with Crippen molar-refractivity contribution in [2.75, 3.05) is 31.6 Å². The van der Waals surface area contributed by atoms with Gasteiger partial charge in [-0.15, -0.1) is 0 Å². The maximum absolute atomic E-state index is 6.12. The molecular formula is C18H19ClN4O2S. The number of nitrogens with two attached hydrogens (primary N) is 1. The van der Waals surface area contributed by atoms with Gasteiger partial charge in [0.15, 0.2) is 0 Å². The lowest BCUT2D eigenvalue weighted by Gasteiger charge is -2.20. The van der Waals surface area contributed by atoms with Crippen LogP contribution in [-0.2, 0) is 0 Å². The lowest BCUT2D eigenvalue weighted by atomic mass is 10.1. The number of methoxy groups -OCH3 is 1. The second-order valence-corrected chi connectivity index (χ2v) is 7.01. The third-order valence-electron chi connectivity index (χ3n) is 3.70. The molecule has 0 fully saturated rings. The number of allylic oxidation sites excluding steroid dienone is 1. The van der Waals surface area contributed by atoms with Crippen LogP contribution >= 0.6 is 23.5 Å². The first-order valence-electron chi connectivity index (χ1n) is 7.93. The number of hydrogen-bond donors (Lipinski definition) is 1. The lowest BCUT2D eigenvalue weighted by molar-refractivity contribution is 0.318. The van der Waals surface area contributed by atoms with Gasteiger partial charge in [0.2, 0.25) is 5.88 Å². The Morgan fingerprint density at radius 1 is 1.38 bits per heavy atom. The van der Waals surface area contributed by atoms with E-state index in [1.807, 2.05) is 29.6 Å². The molecule has 3 rings (SSSR count). The Kier molecular flexibility index (Phi) is 5.90. The molecule has 8 heteroatoms. The van der Waals surface area contributed by atoms with E-state index >= 15 is 0 Å². The van der Waals surface area contributed by atoms with Crippen LogP contribution in [0.5, 0.6) is 11.6 Å². The number of nitrogens with zero attached hydrogens (tertiary/aromatic N) is 3. The van der Waals surface area contributed by atoms with Crippen LogP contribution in [0, 0.1) is 0 Å². The van der Waals surface area contributed by atoms with Gasteiger partial charge in [0, 0.05) is 12.1 Å². The SMILES string of the molecule is COc1ccc(Cl)cc1SN(C)c1cnc2c(c1)C(C=CN)=NCCO2. The normalized spacial score (nSPS) is 13.6. The highest BCUT2D eigenvalue weighted by molar-refractivity contribution is 8.00. The average Bonchev–Trinajstić information content (AvgIpc) is 2.84. The van der Waals surface area contributed by atoms with Crippen LogP contribution in [0.3, 0.4) is 0 Å². The van der Waals surface area contributed by atoms with Crippen molar-refractivity contribution in [1.82, 2.24) is 4.98 Å². The summed E-state index contributed by atoms with van der Waals surface area (Å²) >= 11 is 7.61. The standard InChI is InChI=1S/C18H19ClN4O2S/c1-23(26-17-9-12(19)3-4-16(17)24-2)13-10-14-15(5-6-20)21-7-8-25-18(14)22-11-13/h3-6,9-11H,7-8,20H2,1-2H3. The van der Waals surface area contributed by atoms with Gasteiger partial charge in [-0.25, -0.2) is 4.98 Å². The molecule has 0 atom stereocenters. The van der Waals surface area contributed by atoms with Gasteiger partial charge in [0.05, 0.1) is 41.7 Å². The van der Waals surface area contributed by atoms with Crippen molar-refractivity contribution in [3.05, 3.63) is 53.3 Å². The van der Waals surface area contributed by atoms with E-state index in [0.29, 0.717) is 24.1 Å². The van der Waals surface area contributed by atoms with E-state index < -0.39 is 0 Å². The van der Waals surface area contributed by atoms with Crippen molar-refractivity contribution in [3.8, 4) is 11.6 Å². The van der Waals surface area contributed by atoms with Gasteiger partial charge in [-0.1, -0.05) is 11.6 Å². The molecule has 0 aliphatic carbocycles. The zero-order valence-electron chi connectivity index (χ0n) is 14.5. The van der Waals surface area contributed by atoms with Gasteiger partial charge in [0.25, 0.3) is 0 Å². The predicted octanol–water partition coefficient (Wildman–Crippen LogP) is 3.54. The van der Waals surface area contributed by atoms with Crippen LogP contribution in [0.4, 0.5) is 5.69 Å². The number of rotatable bonds is 5. The lowest BCUT2D eigenvalue weighted by Crippen LogP contribution is -2.10. The minimum Gasteiger partial charge on any atom is -0.496 e. The molecule has 0 bridgehead atoms. The van der Waals surface area contributed by atoms with Crippen LogP contribution in [0.2, 0.25) is 5.02 Å². The Morgan fingerprint density at radius 3 is 3.00 bits per heavy atom. The molecular weight excluding hydrogens is 372 g/mol. The van der Waals surface area contributed by atoms with Gasteiger partial charge in [-0.3, -0.25) is 4.99 Å². The number of fused-ring (bicyclic) bond motifs is 1. The quantitative estimate of drug-likeness (QED) is 0.787. The summed E-state index contributed by atoms with van der Waals surface area (Å²) < 4.78 is 13.1. The fourth-order valence-electron chi connectivity index (χ4n) is 2.46. The summed E-state index contributed by atoms with van der Waals surface area (Å²) in [6, 6.07) is 7.49. The van der Waals surface area contributed by atoms with E-state index in [0.717, 1.165) is 27.6 Å². The molecule has 0 saturated heterocycles. The maximum Gasteiger partial charge on any atom is 0.223 e. The summed E-state index contributed by atoms with van der Waals surface area (Å²) in [6.07, 6.45) is 4.99. The van der Waals surface area contributed by atoms with E-state index in [9.17, 15) is 0 Å². The van der Waals surface area contributed by atoms with Crippen molar-refractivity contribution in [2.45, 2.75) is 4.90 Å². The number of aliphatic imine (C=N–C) groups is 1. The minimum absolute atomic E-state index is 0.492. The molecule has 0 radical (unpaired) electrons. The number of pyridine rings is 1. The molecule has 0 spiro atoms. The topological polar surface area (TPSA) is 73.0 Å². The first-order chi connectivity index (χ1) is 12.6. The monoisotopic (exact) mass is 390 g/mol. The Labute approximate surface area is 161 Å². The third kappa shape index (κ3) is 4.05. The molecule has 2 N–H and O–H groups in total. The van der Waals surface area contributed by atoms with E-state index in [1.54, 1.807) is 25.4 Å². The minimum atomic E-state index is 0.492. The molecule has 0 amide bonds. The van der Waals surface area contributed by atoms with E-state index in [4.69, 9.17) is 26.8 Å². The van der Waals surface area contributed by atoms with E-state index in [2.05, 4.69) is 9.98 Å². The smallest absolute Gasteiger partial charge is 0.223 e. The van der Waals surface area contributed by atoms with Gasteiger partial charge in [0.1, 0.15) is 12.4 Å². The van der Waals surface area contributed by atoms with Crippen molar-refractivity contribution >= 4 is 34.9 Å². The summed E-state index contributed by atoms with van der Waals surface area (Å²) in [5.41, 5.74) is 8.01. The maximum atomic E-state index is 6.12. The van der Waals surface area contributed by atoms with Crippen molar-refractivity contribution < 1.29 is 9.47 Å². The number of benzene rings is 1. The predicted molar refractivity (Wildman–Crippen MR) is 107 cm³/mol. The average molecular weight is 391 g/mol. The van der Waals surface area contributed by atoms with Crippen LogP contribution < -0.4 is 19.5 Å². The van der Waals surface area contributed by atoms with E-state index in [-0.39, 0.29) is 0 Å². The zero-order chi connectivity index (χ0) is 18.5. The molecule has 1 aromatic heterocycles. The number of halogens is 1. The molecule has 6 nitrogen and oxygen atoms in total. The fourth-order valence-corrected chi connectivity index (χ4v) is 3.62. The molecule has 0 saturated carbocycles. The zero-order valence-corrected chi connectivity index (χ0v) is 16.0. The van der Waals surface area contributed by atoms with Crippen molar-refractivity contribution in [1.29, 1.82) is 0 Å². The third-order valence-corrected chi connectivity index (χ3v) is 4.94. The second-order valence-electron chi connectivity index (χ2n) is 5.40. The molecule has 1 aliphatic heterocycles. The molecule has 1 aromatic carbocycles. The highest BCUT2D eigenvalue weighted by Crippen LogP contribution is 2.36.